The van der Waals surface area contributed by atoms with Crippen molar-refractivity contribution in [2.45, 2.75) is 57.9 Å². The van der Waals surface area contributed by atoms with E-state index in [4.69, 9.17) is 9.72 Å². The van der Waals surface area contributed by atoms with Crippen LogP contribution in [0, 0.1) is 0 Å². The molecule has 28 heavy (non-hydrogen) atoms. The molecule has 0 saturated carbocycles. The number of anilines is 1. The zero-order valence-corrected chi connectivity index (χ0v) is 17.4. The number of pyridine rings is 1. The molecule has 2 aromatic rings. The minimum absolute atomic E-state index is 0.118. The van der Waals surface area contributed by atoms with Gasteiger partial charge < -0.3 is 19.6 Å². The van der Waals surface area contributed by atoms with Crippen LogP contribution < -0.4 is 4.90 Å². The molecular formula is C20H26N4O3S. The van der Waals surface area contributed by atoms with Gasteiger partial charge in [0, 0.05) is 30.7 Å². The second-order valence-corrected chi connectivity index (χ2v) is 9.42. The summed E-state index contributed by atoms with van der Waals surface area (Å²) < 4.78 is 5.56. The van der Waals surface area contributed by atoms with E-state index in [9.17, 15) is 9.90 Å². The molecule has 1 unspecified atom stereocenters. The Morgan fingerprint density at radius 1 is 1.36 bits per heavy atom. The SMILES string of the molecule is C[C@@H]1CN(C(=O)OC(C)(C)C)C[C@H]2Cc3ccc(C(O)c4nccs4)nc3N21. The van der Waals surface area contributed by atoms with Crippen LogP contribution in [0.5, 0.6) is 0 Å². The van der Waals surface area contributed by atoms with E-state index in [0.29, 0.717) is 23.8 Å². The Bertz CT molecular complexity index is 865. The lowest BCUT2D eigenvalue weighted by atomic mass is 10.1. The molecule has 2 aliphatic heterocycles. The number of thiazole rings is 1. The molecule has 1 saturated heterocycles. The van der Waals surface area contributed by atoms with Gasteiger partial charge in [0.2, 0.25) is 0 Å². The fourth-order valence-corrected chi connectivity index (χ4v) is 4.61. The third kappa shape index (κ3) is 3.58. The highest BCUT2D eigenvalue weighted by atomic mass is 32.1. The molecule has 1 fully saturated rings. The fraction of sp³-hybridized carbons (Fsp3) is 0.550. The first-order valence-electron chi connectivity index (χ1n) is 9.56. The Labute approximate surface area is 169 Å². The molecule has 0 aromatic carbocycles. The van der Waals surface area contributed by atoms with Gasteiger partial charge in [0.1, 0.15) is 22.5 Å². The summed E-state index contributed by atoms with van der Waals surface area (Å²) in [6.07, 6.45) is 1.44. The molecule has 0 radical (unpaired) electrons. The molecule has 0 bridgehead atoms. The number of ether oxygens (including phenoxy) is 1. The smallest absolute Gasteiger partial charge is 0.410 e. The van der Waals surface area contributed by atoms with Gasteiger partial charge in [0.15, 0.2) is 0 Å². The predicted molar refractivity (Wildman–Crippen MR) is 108 cm³/mol. The number of hydrogen-bond donors (Lipinski definition) is 1. The summed E-state index contributed by atoms with van der Waals surface area (Å²) >= 11 is 1.42. The van der Waals surface area contributed by atoms with Gasteiger partial charge >= 0.3 is 6.09 Å². The van der Waals surface area contributed by atoms with Gasteiger partial charge in [-0.25, -0.2) is 14.8 Å². The number of amides is 1. The molecule has 0 spiro atoms. The van der Waals surface area contributed by atoms with Crippen molar-refractivity contribution in [2.24, 2.45) is 0 Å². The Morgan fingerprint density at radius 3 is 2.82 bits per heavy atom. The summed E-state index contributed by atoms with van der Waals surface area (Å²) in [4.78, 5) is 25.6. The van der Waals surface area contributed by atoms with Crippen LogP contribution in [0.25, 0.3) is 0 Å². The standard InChI is InChI=1S/C20H26N4O3S/c1-12-10-23(19(26)27-20(2,3)4)11-14-9-13-5-6-15(22-17(13)24(12)14)16(25)18-21-7-8-28-18/h5-8,12,14,16,25H,9-11H2,1-4H3/t12-,14-,16?/m1/s1. The number of nitrogens with zero attached hydrogens (tertiary/aromatic N) is 4. The largest absolute Gasteiger partial charge is 0.444 e. The molecule has 0 aliphatic carbocycles. The number of aromatic nitrogens is 2. The molecule has 7 nitrogen and oxygen atoms in total. The van der Waals surface area contributed by atoms with E-state index in [1.165, 1.54) is 11.3 Å². The molecule has 4 rings (SSSR count). The molecule has 1 amide bonds. The maximum absolute atomic E-state index is 12.5. The van der Waals surface area contributed by atoms with Gasteiger partial charge in [-0.3, -0.25) is 0 Å². The quantitative estimate of drug-likeness (QED) is 0.832. The van der Waals surface area contributed by atoms with Crippen molar-refractivity contribution < 1.29 is 14.6 Å². The molecule has 1 N–H and O–H groups in total. The molecular weight excluding hydrogens is 376 g/mol. The maximum Gasteiger partial charge on any atom is 0.410 e. The summed E-state index contributed by atoms with van der Waals surface area (Å²) in [6, 6.07) is 4.20. The number of carbonyl (C=O) groups excluding carboxylic acids is 1. The Kier molecular flexibility index (Phi) is 4.79. The first-order valence-corrected chi connectivity index (χ1v) is 10.4. The first-order chi connectivity index (χ1) is 13.2. The van der Waals surface area contributed by atoms with Crippen molar-refractivity contribution in [3.63, 3.8) is 0 Å². The average Bonchev–Trinajstić information content (AvgIpc) is 3.26. The number of piperazine rings is 1. The van der Waals surface area contributed by atoms with Crippen LogP contribution in [0.15, 0.2) is 23.7 Å². The molecule has 2 aromatic heterocycles. The molecule has 8 heteroatoms. The number of aliphatic hydroxyl groups is 1. The predicted octanol–water partition coefficient (Wildman–Crippen LogP) is 2.99. The normalized spacial score (nSPS) is 22.6. The Morgan fingerprint density at radius 2 is 2.14 bits per heavy atom. The van der Waals surface area contributed by atoms with E-state index in [1.807, 2.05) is 38.3 Å². The molecule has 3 atom stereocenters. The number of hydrogen-bond acceptors (Lipinski definition) is 7. The van der Waals surface area contributed by atoms with E-state index in [1.54, 1.807) is 11.1 Å². The Hall–Kier alpha value is -2.19. The summed E-state index contributed by atoms with van der Waals surface area (Å²) in [6.45, 7) is 8.95. The first kappa shape index (κ1) is 19.1. The minimum atomic E-state index is -0.817. The van der Waals surface area contributed by atoms with Crippen LogP contribution in [0.2, 0.25) is 0 Å². The topological polar surface area (TPSA) is 78.8 Å². The van der Waals surface area contributed by atoms with Crippen molar-refractivity contribution >= 4 is 23.2 Å². The second-order valence-electron chi connectivity index (χ2n) is 8.49. The zero-order chi connectivity index (χ0) is 20.1. The lowest BCUT2D eigenvalue weighted by Crippen LogP contribution is -2.58. The van der Waals surface area contributed by atoms with Crippen molar-refractivity contribution in [1.29, 1.82) is 0 Å². The van der Waals surface area contributed by atoms with Gasteiger partial charge in [0.25, 0.3) is 0 Å². The third-order valence-electron chi connectivity index (χ3n) is 5.08. The lowest BCUT2D eigenvalue weighted by molar-refractivity contribution is 0.0191. The van der Waals surface area contributed by atoms with Crippen molar-refractivity contribution in [3.8, 4) is 0 Å². The summed E-state index contributed by atoms with van der Waals surface area (Å²) in [5, 5.41) is 13.1. The van der Waals surface area contributed by atoms with Crippen LogP contribution in [-0.2, 0) is 11.2 Å². The van der Waals surface area contributed by atoms with E-state index in [2.05, 4.69) is 16.8 Å². The summed E-state index contributed by atoms with van der Waals surface area (Å²) in [7, 11) is 0. The number of aliphatic hydroxyl groups excluding tert-OH is 1. The zero-order valence-electron chi connectivity index (χ0n) is 16.6. The van der Waals surface area contributed by atoms with E-state index < -0.39 is 11.7 Å². The van der Waals surface area contributed by atoms with E-state index >= 15 is 0 Å². The number of carbonyl (C=O) groups is 1. The fourth-order valence-electron chi connectivity index (χ4n) is 3.98. The van der Waals surface area contributed by atoms with Crippen LogP contribution in [-0.4, -0.2) is 56.8 Å². The average molecular weight is 403 g/mol. The van der Waals surface area contributed by atoms with Crippen LogP contribution in [0.1, 0.15) is 50.1 Å². The summed E-state index contributed by atoms with van der Waals surface area (Å²) in [5.74, 6) is 0.912. The van der Waals surface area contributed by atoms with Gasteiger partial charge in [-0.2, -0.15) is 0 Å². The highest BCUT2D eigenvalue weighted by Crippen LogP contribution is 2.37. The maximum atomic E-state index is 12.5. The lowest BCUT2D eigenvalue weighted by Gasteiger charge is -2.43. The highest BCUT2D eigenvalue weighted by molar-refractivity contribution is 7.09. The second kappa shape index (κ2) is 7.00. The summed E-state index contributed by atoms with van der Waals surface area (Å²) in [5.41, 5.74) is 1.26. The molecule has 4 heterocycles. The third-order valence-corrected chi connectivity index (χ3v) is 5.91. The minimum Gasteiger partial charge on any atom is -0.444 e. The van der Waals surface area contributed by atoms with Gasteiger partial charge in [-0.1, -0.05) is 6.07 Å². The van der Waals surface area contributed by atoms with E-state index in [-0.39, 0.29) is 18.2 Å². The van der Waals surface area contributed by atoms with Gasteiger partial charge in [0.05, 0.1) is 11.7 Å². The van der Waals surface area contributed by atoms with Crippen molar-refractivity contribution in [1.82, 2.24) is 14.9 Å². The van der Waals surface area contributed by atoms with Gasteiger partial charge in [-0.15, -0.1) is 11.3 Å². The number of rotatable bonds is 2. The van der Waals surface area contributed by atoms with Gasteiger partial charge in [-0.05, 0) is 45.7 Å². The van der Waals surface area contributed by atoms with Crippen LogP contribution >= 0.6 is 11.3 Å². The molecule has 150 valence electrons. The monoisotopic (exact) mass is 402 g/mol. The van der Waals surface area contributed by atoms with Crippen LogP contribution in [0.3, 0.4) is 0 Å². The Balaban J connectivity index is 1.54. The van der Waals surface area contributed by atoms with Crippen molar-refractivity contribution in [2.75, 3.05) is 18.0 Å². The molecule has 2 aliphatic rings. The van der Waals surface area contributed by atoms with Crippen molar-refractivity contribution in [3.05, 3.63) is 40.0 Å². The van der Waals surface area contributed by atoms with E-state index in [0.717, 1.165) is 17.8 Å². The number of fused-ring (bicyclic) bond motifs is 3. The van der Waals surface area contributed by atoms with Crippen LogP contribution in [0.4, 0.5) is 10.6 Å². The highest BCUT2D eigenvalue weighted by Gasteiger charge is 2.41.